The molecule has 0 aliphatic carbocycles. The number of nitrogens with zero attached hydrogens (tertiary/aromatic N) is 2. The van der Waals surface area contributed by atoms with Crippen LogP contribution in [-0.2, 0) is 6.54 Å². The molecule has 3 nitrogen and oxygen atoms in total. The highest BCUT2D eigenvalue weighted by Crippen LogP contribution is 2.34. The second-order valence-electron chi connectivity index (χ2n) is 5.54. The summed E-state index contributed by atoms with van der Waals surface area (Å²) in [5.74, 6) is 0. The molecule has 0 atom stereocenters. The van der Waals surface area contributed by atoms with E-state index in [4.69, 9.17) is 0 Å². The van der Waals surface area contributed by atoms with E-state index in [9.17, 15) is 4.79 Å². The van der Waals surface area contributed by atoms with Gasteiger partial charge in [-0.3, -0.25) is 4.57 Å². The molecule has 19 heavy (non-hydrogen) atoms. The fourth-order valence-electron chi connectivity index (χ4n) is 2.82. The minimum absolute atomic E-state index is 0.116. The lowest BCUT2D eigenvalue weighted by Gasteiger charge is -2.32. The highest BCUT2D eigenvalue weighted by molar-refractivity contribution is 9.09. The summed E-state index contributed by atoms with van der Waals surface area (Å²) in [6.07, 6.45) is 4.54. The van der Waals surface area contributed by atoms with Crippen LogP contribution in [0.4, 0.5) is 0 Å². The van der Waals surface area contributed by atoms with Crippen molar-refractivity contribution in [2.45, 2.75) is 59.9 Å². The average molecular weight is 329 g/mol. The van der Waals surface area contributed by atoms with Crippen LogP contribution in [0.15, 0.2) is 10.9 Å². The smallest absolute Gasteiger partial charge is 0.296 e. The Morgan fingerprint density at radius 2 is 1.84 bits per heavy atom. The summed E-state index contributed by atoms with van der Waals surface area (Å²) >= 11 is 3.66. The van der Waals surface area contributed by atoms with Crippen molar-refractivity contribution in [1.82, 2.24) is 9.55 Å². The maximum atomic E-state index is 12.1. The van der Waals surface area contributed by atoms with Gasteiger partial charge < -0.3 is 0 Å². The van der Waals surface area contributed by atoms with E-state index in [-0.39, 0.29) is 11.1 Å². The van der Waals surface area contributed by atoms with Crippen molar-refractivity contribution in [2.24, 2.45) is 5.41 Å². The second-order valence-corrected chi connectivity index (χ2v) is 6.10. The number of hydrogen-bond donors (Lipinski definition) is 0. The summed E-state index contributed by atoms with van der Waals surface area (Å²) in [6, 6.07) is 1.98. The number of aryl methyl sites for hydroxylation is 2. The predicted molar refractivity (Wildman–Crippen MR) is 84.0 cm³/mol. The molecule has 0 saturated carbocycles. The standard InChI is InChI=1S/C15H25BrN2O/c1-5-7-15(10-16,8-6-2)11-18-13(4)9-12(3)17-14(18)19/h9H,5-8,10-11H2,1-4H3. The minimum Gasteiger partial charge on any atom is -0.296 e. The van der Waals surface area contributed by atoms with Gasteiger partial charge in [0.2, 0.25) is 0 Å². The van der Waals surface area contributed by atoms with Gasteiger partial charge in [-0.25, -0.2) is 4.79 Å². The Balaban J connectivity index is 3.12. The molecule has 1 aromatic heterocycles. The molecular weight excluding hydrogens is 304 g/mol. The van der Waals surface area contributed by atoms with Crippen LogP contribution >= 0.6 is 15.9 Å². The molecule has 0 saturated heterocycles. The normalized spacial score (nSPS) is 11.8. The molecule has 0 spiro atoms. The van der Waals surface area contributed by atoms with Gasteiger partial charge in [0.25, 0.3) is 0 Å². The maximum Gasteiger partial charge on any atom is 0.347 e. The third-order valence-corrected chi connectivity index (χ3v) is 4.87. The molecule has 0 fully saturated rings. The molecule has 0 radical (unpaired) electrons. The van der Waals surface area contributed by atoms with Crippen LogP contribution in [0.5, 0.6) is 0 Å². The highest BCUT2D eigenvalue weighted by atomic mass is 79.9. The van der Waals surface area contributed by atoms with Crippen LogP contribution in [0.1, 0.15) is 50.9 Å². The van der Waals surface area contributed by atoms with Gasteiger partial charge in [-0.1, -0.05) is 42.6 Å². The Kier molecular flexibility index (Phi) is 6.24. The summed E-state index contributed by atoms with van der Waals surface area (Å²) in [4.78, 5) is 16.2. The lowest BCUT2D eigenvalue weighted by molar-refractivity contribution is 0.227. The highest BCUT2D eigenvalue weighted by Gasteiger charge is 2.28. The van der Waals surface area contributed by atoms with Crippen molar-refractivity contribution < 1.29 is 0 Å². The minimum atomic E-state index is -0.116. The summed E-state index contributed by atoms with van der Waals surface area (Å²) < 4.78 is 1.83. The molecule has 1 heterocycles. The lowest BCUT2D eigenvalue weighted by atomic mass is 9.81. The number of aromatic nitrogens is 2. The van der Waals surface area contributed by atoms with Crippen molar-refractivity contribution in [1.29, 1.82) is 0 Å². The van der Waals surface area contributed by atoms with Gasteiger partial charge in [-0.15, -0.1) is 0 Å². The first-order valence-corrected chi connectivity index (χ1v) is 8.21. The Labute approximate surface area is 124 Å². The summed E-state index contributed by atoms with van der Waals surface area (Å²) in [6.45, 7) is 9.03. The monoisotopic (exact) mass is 328 g/mol. The van der Waals surface area contributed by atoms with E-state index >= 15 is 0 Å². The molecule has 108 valence electrons. The molecule has 0 amide bonds. The van der Waals surface area contributed by atoms with Gasteiger partial charge in [0.1, 0.15) is 0 Å². The molecule has 1 aromatic rings. The number of alkyl halides is 1. The summed E-state index contributed by atoms with van der Waals surface area (Å²) in [5, 5.41) is 0.932. The van der Waals surface area contributed by atoms with Crippen molar-refractivity contribution in [3.8, 4) is 0 Å². The predicted octanol–water partition coefficient (Wildman–Crippen LogP) is 3.84. The summed E-state index contributed by atoms with van der Waals surface area (Å²) in [7, 11) is 0. The van der Waals surface area contributed by atoms with Crippen LogP contribution < -0.4 is 5.69 Å². The number of hydrogen-bond acceptors (Lipinski definition) is 2. The Hall–Kier alpha value is -0.640. The number of halogens is 1. The SMILES string of the molecule is CCCC(CBr)(CCC)Cn1c(C)cc(C)nc1=O. The Bertz CT molecular complexity index is 462. The summed E-state index contributed by atoms with van der Waals surface area (Å²) in [5.41, 5.74) is 1.86. The van der Waals surface area contributed by atoms with Crippen LogP contribution in [0.2, 0.25) is 0 Å². The molecule has 4 heteroatoms. The van der Waals surface area contributed by atoms with Crippen molar-refractivity contribution >= 4 is 15.9 Å². The van der Waals surface area contributed by atoms with E-state index in [1.807, 2.05) is 24.5 Å². The van der Waals surface area contributed by atoms with Crippen LogP contribution in [0, 0.1) is 19.3 Å². The van der Waals surface area contributed by atoms with Gasteiger partial charge in [0.05, 0.1) is 0 Å². The molecule has 0 bridgehead atoms. The largest absolute Gasteiger partial charge is 0.347 e. The topological polar surface area (TPSA) is 34.9 Å². The molecule has 0 aliphatic rings. The van der Waals surface area contributed by atoms with Crippen molar-refractivity contribution in [3.63, 3.8) is 0 Å². The first-order chi connectivity index (χ1) is 8.98. The van der Waals surface area contributed by atoms with E-state index in [0.29, 0.717) is 0 Å². The lowest BCUT2D eigenvalue weighted by Crippen LogP contribution is -2.36. The van der Waals surface area contributed by atoms with Gasteiger partial charge in [-0.05, 0) is 38.2 Å². The van der Waals surface area contributed by atoms with Crippen LogP contribution in [-0.4, -0.2) is 14.9 Å². The first-order valence-electron chi connectivity index (χ1n) is 7.09. The van der Waals surface area contributed by atoms with E-state index < -0.39 is 0 Å². The third-order valence-electron chi connectivity index (χ3n) is 3.68. The first kappa shape index (κ1) is 16.4. The Morgan fingerprint density at radius 1 is 1.26 bits per heavy atom. The van der Waals surface area contributed by atoms with Crippen molar-refractivity contribution in [3.05, 3.63) is 27.9 Å². The number of rotatable bonds is 7. The fourth-order valence-corrected chi connectivity index (χ4v) is 3.56. The van der Waals surface area contributed by atoms with Crippen LogP contribution in [0.25, 0.3) is 0 Å². The molecule has 1 rings (SSSR count). The van der Waals surface area contributed by atoms with Crippen molar-refractivity contribution in [2.75, 3.05) is 5.33 Å². The molecule has 0 unspecified atom stereocenters. The quantitative estimate of drug-likeness (QED) is 0.713. The van der Waals surface area contributed by atoms with E-state index in [1.54, 1.807) is 0 Å². The second kappa shape index (κ2) is 7.22. The molecule has 0 aromatic carbocycles. The zero-order valence-electron chi connectivity index (χ0n) is 12.5. The maximum absolute atomic E-state index is 12.1. The fraction of sp³-hybridized carbons (Fsp3) is 0.733. The zero-order valence-corrected chi connectivity index (χ0v) is 14.1. The van der Waals surface area contributed by atoms with Gasteiger partial charge in [0.15, 0.2) is 0 Å². The molecule has 0 N–H and O–H groups in total. The van der Waals surface area contributed by atoms with E-state index in [2.05, 4.69) is 34.8 Å². The van der Waals surface area contributed by atoms with Gasteiger partial charge in [0, 0.05) is 23.3 Å². The molecule has 0 aliphatic heterocycles. The van der Waals surface area contributed by atoms with Gasteiger partial charge in [-0.2, -0.15) is 4.98 Å². The molecular formula is C15H25BrN2O. The van der Waals surface area contributed by atoms with E-state index in [1.165, 1.54) is 0 Å². The Morgan fingerprint density at radius 3 is 2.26 bits per heavy atom. The third kappa shape index (κ3) is 4.16. The van der Waals surface area contributed by atoms with E-state index in [0.717, 1.165) is 48.9 Å². The average Bonchev–Trinajstić information content (AvgIpc) is 2.34. The van der Waals surface area contributed by atoms with Gasteiger partial charge >= 0.3 is 5.69 Å². The van der Waals surface area contributed by atoms with Crippen LogP contribution in [0.3, 0.4) is 0 Å². The zero-order chi connectivity index (χ0) is 14.5.